The molecule has 6 nitrogen and oxygen atoms in total. The predicted molar refractivity (Wildman–Crippen MR) is 106 cm³/mol. The molecule has 2 aromatic heterocycles. The first-order valence-corrected chi connectivity index (χ1v) is 9.02. The van der Waals surface area contributed by atoms with Crippen molar-refractivity contribution in [3.8, 4) is 0 Å². The highest BCUT2D eigenvalue weighted by molar-refractivity contribution is 6.33. The Morgan fingerprint density at radius 2 is 2.12 bits per heavy atom. The highest BCUT2D eigenvalue weighted by atomic mass is 15.1. The third-order valence-electron chi connectivity index (χ3n) is 5.12. The molecular weight excluding hydrogens is 323 g/mol. The largest absolute Gasteiger partial charge is 0.346 e. The Labute approximate surface area is 154 Å². The number of likely N-dealkylation sites (tertiary alicyclic amines) is 1. The van der Waals surface area contributed by atoms with Gasteiger partial charge in [-0.3, -0.25) is 4.90 Å². The Bertz CT molecular complexity index is 914. The third kappa shape index (κ3) is 3.45. The van der Waals surface area contributed by atoms with E-state index in [1.165, 1.54) is 5.56 Å². The van der Waals surface area contributed by atoms with Gasteiger partial charge in [0.2, 0.25) is 0 Å². The summed E-state index contributed by atoms with van der Waals surface area (Å²) in [6.07, 6.45) is 5.70. The van der Waals surface area contributed by atoms with Gasteiger partial charge in [0, 0.05) is 24.5 Å². The second kappa shape index (κ2) is 7.09. The van der Waals surface area contributed by atoms with Gasteiger partial charge in [0.15, 0.2) is 0 Å². The van der Waals surface area contributed by atoms with Crippen LogP contribution in [0.5, 0.6) is 0 Å². The van der Waals surface area contributed by atoms with Gasteiger partial charge >= 0.3 is 0 Å². The smallest absolute Gasteiger partial charge is 0.143 e. The zero-order valence-electron chi connectivity index (χ0n) is 15.0. The maximum atomic E-state index is 6.04. The molecule has 0 unspecified atom stereocenters. The lowest BCUT2D eigenvalue weighted by Gasteiger charge is -2.29. The summed E-state index contributed by atoms with van der Waals surface area (Å²) in [5.74, 6) is 0.795. The Morgan fingerprint density at radius 1 is 1.31 bits per heavy atom. The van der Waals surface area contributed by atoms with Crippen LogP contribution < -0.4 is 16.5 Å². The van der Waals surface area contributed by atoms with E-state index in [9.17, 15) is 0 Å². The molecule has 3 heterocycles. The molecule has 2 radical (unpaired) electrons. The number of H-pyrrole nitrogens is 1. The van der Waals surface area contributed by atoms with Gasteiger partial charge in [-0.05, 0) is 50.6 Å². The topological polar surface area (TPSA) is 82.9 Å². The van der Waals surface area contributed by atoms with Crippen LogP contribution in [-0.2, 0) is 6.54 Å². The van der Waals surface area contributed by atoms with Gasteiger partial charge in [-0.25, -0.2) is 9.97 Å². The molecule has 0 bridgehead atoms. The minimum absolute atomic E-state index is 0.335. The highest BCUT2D eigenvalue weighted by Gasteiger charge is 2.19. The number of nitrogens with two attached hydrogens (primary N) is 1. The first kappa shape index (κ1) is 17.1. The fourth-order valence-corrected chi connectivity index (χ4v) is 3.45. The Morgan fingerprint density at radius 3 is 2.88 bits per heavy atom. The van der Waals surface area contributed by atoms with Crippen molar-refractivity contribution in [1.29, 1.82) is 0 Å². The zero-order chi connectivity index (χ0) is 18.1. The van der Waals surface area contributed by atoms with E-state index in [1.807, 2.05) is 31.3 Å². The summed E-state index contributed by atoms with van der Waals surface area (Å²) in [7, 11) is 6.04. The average Bonchev–Trinajstić information content (AvgIpc) is 3.04. The second-order valence-electron chi connectivity index (χ2n) is 7.07. The molecule has 0 amide bonds. The lowest BCUT2D eigenvalue weighted by molar-refractivity contribution is 0.206. The number of hydrogen-bond acceptors (Lipinski definition) is 5. The molecule has 4 N–H and O–H groups in total. The van der Waals surface area contributed by atoms with E-state index in [4.69, 9.17) is 13.6 Å². The number of anilines is 2. The van der Waals surface area contributed by atoms with Gasteiger partial charge < -0.3 is 16.0 Å². The minimum atomic E-state index is 0.335. The molecule has 1 saturated heterocycles. The van der Waals surface area contributed by atoms with Crippen LogP contribution in [0.25, 0.3) is 11.0 Å². The maximum Gasteiger partial charge on any atom is 0.143 e. The number of aromatic amines is 1. The third-order valence-corrected chi connectivity index (χ3v) is 5.12. The summed E-state index contributed by atoms with van der Waals surface area (Å²) in [6.45, 7) is 4.92. The highest BCUT2D eigenvalue weighted by Crippen LogP contribution is 2.27. The molecule has 0 saturated carbocycles. The van der Waals surface area contributed by atoms with Crippen molar-refractivity contribution in [2.75, 3.05) is 18.4 Å². The number of nitrogens with one attached hydrogen (secondary N) is 2. The molecular formula is C19H23BN6. The van der Waals surface area contributed by atoms with Crippen LogP contribution in [0.1, 0.15) is 24.0 Å². The van der Waals surface area contributed by atoms with Crippen LogP contribution in [0.15, 0.2) is 30.7 Å². The number of nitrogens with zero attached hydrogens (tertiary/aromatic N) is 3. The van der Waals surface area contributed by atoms with Crippen LogP contribution in [0.3, 0.4) is 0 Å². The number of hydrogen-bond donors (Lipinski definition) is 3. The molecule has 3 aromatic rings. The van der Waals surface area contributed by atoms with Crippen LogP contribution in [0.4, 0.5) is 11.5 Å². The van der Waals surface area contributed by atoms with Gasteiger partial charge in [-0.1, -0.05) is 17.1 Å². The SMILES string of the molecule is [B]c1cc(Nc2ncnc3[nH]cc(CN4CCC(N)CC4)c23)ccc1C. The van der Waals surface area contributed by atoms with E-state index in [1.54, 1.807) is 6.33 Å². The maximum absolute atomic E-state index is 6.04. The van der Waals surface area contributed by atoms with Crippen molar-refractivity contribution in [3.05, 3.63) is 41.9 Å². The van der Waals surface area contributed by atoms with E-state index < -0.39 is 0 Å². The Hall–Kier alpha value is -2.38. The molecule has 0 spiro atoms. The number of aryl methyl sites for hydroxylation is 1. The van der Waals surface area contributed by atoms with Crippen molar-refractivity contribution in [2.24, 2.45) is 5.73 Å². The Balaban J connectivity index is 1.62. The lowest BCUT2D eigenvalue weighted by atomic mass is 9.91. The average molecular weight is 346 g/mol. The van der Waals surface area contributed by atoms with Gasteiger partial charge in [-0.2, -0.15) is 0 Å². The predicted octanol–water partition coefficient (Wildman–Crippen LogP) is 1.73. The summed E-state index contributed by atoms with van der Waals surface area (Å²) < 4.78 is 0. The molecule has 1 aliphatic heterocycles. The fourth-order valence-electron chi connectivity index (χ4n) is 3.45. The van der Waals surface area contributed by atoms with E-state index >= 15 is 0 Å². The van der Waals surface area contributed by atoms with Gasteiger partial charge in [0.1, 0.15) is 25.6 Å². The summed E-state index contributed by atoms with van der Waals surface area (Å²) in [6, 6.07) is 6.28. The molecule has 1 aromatic carbocycles. The number of benzene rings is 1. The van der Waals surface area contributed by atoms with Gasteiger partial charge in [0.05, 0.1) is 5.39 Å². The standard InChI is InChI=1S/C19H23BN6/c1-12-2-3-15(8-16(12)20)25-19-17-13(9-22-18(17)23-11-24-19)10-26-6-4-14(21)5-7-26/h2-3,8-9,11,14H,4-7,10,21H2,1H3,(H2,22,23,24,25). The van der Waals surface area contributed by atoms with Crippen LogP contribution in [0, 0.1) is 6.92 Å². The quantitative estimate of drug-likeness (QED) is 0.627. The monoisotopic (exact) mass is 346 g/mol. The summed E-state index contributed by atoms with van der Waals surface area (Å²) >= 11 is 0. The molecule has 0 aliphatic carbocycles. The number of piperidine rings is 1. The second-order valence-corrected chi connectivity index (χ2v) is 7.07. The van der Waals surface area contributed by atoms with Crippen molar-refractivity contribution in [2.45, 2.75) is 32.4 Å². The van der Waals surface area contributed by atoms with Crippen molar-refractivity contribution >= 4 is 35.8 Å². The number of aromatic nitrogens is 3. The summed E-state index contributed by atoms with van der Waals surface area (Å²) in [5, 5.41) is 4.43. The van der Waals surface area contributed by atoms with Gasteiger partial charge in [0.25, 0.3) is 0 Å². The molecule has 1 aliphatic rings. The summed E-state index contributed by atoms with van der Waals surface area (Å²) in [5.41, 5.74) is 10.8. The summed E-state index contributed by atoms with van der Waals surface area (Å²) in [4.78, 5) is 14.5. The normalized spacial score (nSPS) is 16.2. The van der Waals surface area contributed by atoms with Crippen molar-refractivity contribution < 1.29 is 0 Å². The molecule has 4 rings (SSSR count). The first-order valence-electron chi connectivity index (χ1n) is 9.02. The van der Waals surface area contributed by atoms with Crippen LogP contribution in [0.2, 0.25) is 0 Å². The van der Waals surface area contributed by atoms with Crippen LogP contribution in [-0.4, -0.2) is 46.8 Å². The molecule has 132 valence electrons. The number of fused-ring (bicyclic) bond motifs is 1. The molecule has 26 heavy (non-hydrogen) atoms. The zero-order valence-corrected chi connectivity index (χ0v) is 15.0. The van der Waals surface area contributed by atoms with E-state index in [2.05, 4.69) is 25.2 Å². The molecule has 1 fully saturated rings. The van der Waals surface area contributed by atoms with E-state index in [0.29, 0.717) is 6.04 Å². The number of rotatable bonds is 4. The molecule has 0 atom stereocenters. The fraction of sp³-hybridized carbons (Fsp3) is 0.368. The van der Waals surface area contributed by atoms with Crippen LogP contribution >= 0.6 is 0 Å². The van der Waals surface area contributed by atoms with E-state index in [0.717, 1.165) is 66.0 Å². The first-order chi connectivity index (χ1) is 12.6. The van der Waals surface area contributed by atoms with E-state index in [-0.39, 0.29) is 0 Å². The molecule has 7 heteroatoms. The minimum Gasteiger partial charge on any atom is -0.346 e. The Kier molecular flexibility index (Phi) is 4.65. The van der Waals surface area contributed by atoms with Crippen molar-refractivity contribution in [1.82, 2.24) is 19.9 Å². The van der Waals surface area contributed by atoms with Crippen molar-refractivity contribution in [3.63, 3.8) is 0 Å². The lowest BCUT2D eigenvalue weighted by Crippen LogP contribution is -2.39. The van der Waals surface area contributed by atoms with Gasteiger partial charge in [-0.15, -0.1) is 0 Å².